The predicted molar refractivity (Wildman–Crippen MR) is 39.5 cm³/mol. The number of hydrogen-bond donors (Lipinski definition) is 1. The Morgan fingerprint density at radius 1 is 1.60 bits per heavy atom. The average molecular weight is 138 g/mol. The van der Waals surface area contributed by atoms with Gasteiger partial charge in [-0.3, -0.25) is 4.79 Å². The summed E-state index contributed by atoms with van der Waals surface area (Å²) < 4.78 is 0. The normalized spacial score (nSPS) is 11.7. The third-order valence-electron chi connectivity index (χ3n) is 1.14. The van der Waals surface area contributed by atoms with Crippen LogP contribution in [0.25, 0.3) is 0 Å². The predicted octanol–water partition coefficient (Wildman–Crippen LogP) is 1.43. The molecule has 10 heavy (non-hydrogen) atoms. The summed E-state index contributed by atoms with van der Waals surface area (Å²) in [4.78, 5) is 10.7. The number of aliphatic hydroxyl groups is 1. The second-order valence-electron chi connectivity index (χ2n) is 2.00. The molecule has 0 aromatic rings. The van der Waals surface area contributed by atoms with E-state index in [0.717, 1.165) is 0 Å². The molecule has 0 radical (unpaired) electrons. The molecule has 1 N–H and O–H groups in total. The zero-order valence-electron chi connectivity index (χ0n) is 6.14. The van der Waals surface area contributed by atoms with Crippen molar-refractivity contribution in [1.29, 1.82) is 0 Å². The van der Waals surface area contributed by atoms with Gasteiger partial charge in [0.1, 0.15) is 0 Å². The monoisotopic (exact) mass is 138 g/mol. The first kappa shape index (κ1) is 8.77. The van der Waals surface area contributed by atoms with E-state index >= 15 is 0 Å². The number of Topliss-reactive ketones (excluding diaryl/α,β-unsaturated/α-hetero) is 1. The molecule has 0 saturated carbocycles. The molecule has 2 heteroatoms. The van der Waals surface area contributed by atoms with Gasteiger partial charge in [0.25, 0.3) is 0 Å². The minimum atomic E-state index is -0.169. The third-order valence-corrected chi connectivity index (χ3v) is 1.14. The van der Waals surface area contributed by atoms with Crippen LogP contribution in [0.5, 0.6) is 0 Å². The van der Waals surface area contributed by atoms with Gasteiger partial charge >= 0.3 is 0 Å². The Balaban J connectivity index is 4.48. The van der Waals surface area contributed by atoms with Gasteiger partial charge < -0.3 is 5.11 Å². The standard InChI is InChI=1S/C8H10O2/c1-4-5-8(6(2)9)7(3)10/h1,9H,5H2,2-3H3/b8-6-. The molecule has 0 spiro atoms. The Labute approximate surface area is 60.6 Å². The van der Waals surface area contributed by atoms with E-state index in [1.165, 1.54) is 13.8 Å². The summed E-state index contributed by atoms with van der Waals surface area (Å²) in [5.41, 5.74) is 0.322. The maximum Gasteiger partial charge on any atom is 0.160 e. The highest BCUT2D eigenvalue weighted by molar-refractivity contribution is 5.94. The lowest BCUT2D eigenvalue weighted by atomic mass is 10.1. The lowest BCUT2D eigenvalue weighted by Gasteiger charge is -1.97. The van der Waals surface area contributed by atoms with Crippen molar-refractivity contribution in [2.75, 3.05) is 0 Å². The van der Waals surface area contributed by atoms with E-state index in [4.69, 9.17) is 11.5 Å². The molecular formula is C8H10O2. The number of rotatable bonds is 2. The van der Waals surface area contributed by atoms with Crippen molar-refractivity contribution in [3.8, 4) is 12.3 Å². The van der Waals surface area contributed by atoms with Crippen molar-refractivity contribution in [3.05, 3.63) is 11.3 Å². The topological polar surface area (TPSA) is 37.3 Å². The van der Waals surface area contributed by atoms with E-state index in [9.17, 15) is 4.79 Å². The van der Waals surface area contributed by atoms with Gasteiger partial charge in [0, 0.05) is 12.0 Å². The number of hydrogen-bond acceptors (Lipinski definition) is 2. The summed E-state index contributed by atoms with van der Waals surface area (Å²) in [6, 6.07) is 0. The van der Waals surface area contributed by atoms with Gasteiger partial charge in [0.2, 0.25) is 0 Å². The van der Waals surface area contributed by atoms with E-state index in [-0.39, 0.29) is 18.0 Å². The third kappa shape index (κ3) is 2.36. The lowest BCUT2D eigenvalue weighted by molar-refractivity contribution is -0.113. The van der Waals surface area contributed by atoms with Crippen molar-refractivity contribution in [2.45, 2.75) is 20.3 Å². The fraction of sp³-hybridized carbons (Fsp3) is 0.375. The van der Waals surface area contributed by atoms with E-state index < -0.39 is 0 Å². The molecule has 0 aliphatic carbocycles. The highest BCUT2D eigenvalue weighted by Gasteiger charge is 2.04. The summed E-state index contributed by atoms with van der Waals surface area (Å²) in [6.07, 6.45) is 5.16. The molecule has 0 aliphatic heterocycles. The van der Waals surface area contributed by atoms with Gasteiger partial charge in [0.15, 0.2) is 5.78 Å². The molecule has 0 bridgehead atoms. The highest BCUT2D eigenvalue weighted by Crippen LogP contribution is 2.05. The zero-order valence-corrected chi connectivity index (χ0v) is 6.14. The van der Waals surface area contributed by atoms with Crippen LogP contribution in [0, 0.1) is 12.3 Å². The van der Waals surface area contributed by atoms with Gasteiger partial charge in [-0.1, -0.05) is 0 Å². The van der Waals surface area contributed by atoms with E-state index in [2.05, 4.69) is 5.92 Å². The van der Waals surface area contributed by atoms with Crippen LogP contribution in [0.3, 0.4) is 0 Å². The minimum Gasteiger partial charge on any atom is -0.512 e. The summed E-state index contributed by atoms with van der Waals surface area (Å²) in [7, 11) is 0. The quantitative estimate of drug-likeness (QED) is 0.356. The van der Waals surface area contributed by atoms with Crippen LogP contribution >= 0.6 is 0 Å². The molecule has 0 aromatic carbocycles. The second kappa shape index (κ2) is 3.73. The SMILES string of the molecule is C#CC/C(C(C)=O)=C(\C)O. The van der Waals surface area contributed by atoms with Crippen molar-refractivity contribution >= 4 is 5.78 Å². The summed E-state index contributed by atoms with van der Waals surface area (Å²) in [5.74, 6) is 2.14. The summed E-state index contributed by atoms with van der Waals surface area (Å²) in [5, 5.41) is 8.88. The van der Waals surface area contributed by atoms with Gasteiger partial charge in [-0.15, -0.1) is 12.3 Å². The van der Waals surface area contributed by atoms with Crippen molar-refractivity contribution in [2.24, 2.45) is 0 Å². The molecule has 2 nitrogen and oxygen atoms in total. The molecule has 0 rings (SSSR count). The molecule has 0 atom stereocenters. The maximum atomic E-state index is 10.7. The number of carbonyl (C=O) groups is 1. The first-order chi connectivity index (χ1) is 4.59. The maximum absolute atomic E-state index is 10.7. The zero-order chi connectivity index (χ0) is 8.15. The number of carbonyl (C=O) groups excluding carboxylic acids is 1. The van der Waals surface area contributed by atoms with Gasteiger partial charge in [-0.25, -0.2) is 0 Å². The number of terminal acetylenes is 1. The van der Waals surface area contributed by atoms with Crippen molar-refractivity contribution in [1.82, 2.24) is 0 Å². The summed E-state index contributed by atoms with van der Waals surface area (Å²) >= 11 is 0. The molecule has 0 fully saturated rings. The number of aliphatic hydroxyl groups excluding tert-OH is 1. The Bertz CT molecular complexity index is 202. The van der Waals surface area contributed by atoms with Crippen molar-refractivity contribution < 1.29 is 9.90 Å². The Morgan fingerprint density at radius 3 is 2.20 bits per heavy atom. The van der Waals surface area contributed by atoms with E-state index in [0.29, 0.717) is 5.57 Å². The van der Waals surface area contributed by atoms with Crippen LogP contribution in [0.1, 0.15) is 20.3 Å². The fourth-order valence-electron chi connectivity index (χ4n) is 0.609. The van der Waals surface area contributed by atoms with Crippen LogP contribution in [0.15, 0.2) is 11.3 Å². The van der Waals surface area contributed by atoms with E-state index in [1.807, 2.05) is 0 Å². The average Bonchev–Trinajstić information content (AvgIpc) is 1.81. The minimum absolute atomic E-state index is 0.0189. The Morgan fingerprint density at radius 2 is 2.10 bits per heavy atom. The van der Waals surface area contributed by atoms with Crippen molar-refractivity contribution in [3.63, 3.8) is 0 Å². The van der Waals surface area contributed by atoms with Crippen LogP contribution in [0.4, 0.5) is 0 Å². The van der Waals surface area contributed by atoms with Crippen LogP contribution in [0.2, 0.25) is 0 Å². The lowest BCUT2D eigenvalue weighted by Crippen LogP contribution is -1.98. The van der Waals surface area contributed by atoms with Gasteiger partial charge in [0.05, 0.1) is 5.76 Å². The fourth-order valence-corrected chi connectivity index (χ4v) is 0.609. The molecule has 0 amide bonds. The molecular weight excluding hydrogens is 128 g/mol. The first-order valence-electron chi connectivity index (χ1n) is 2.92. The van der Waals surface area contributed by atoms with Gasteiger partial charge in [-0.2, -0.15) is 0 Å². The Hall–Kier alpha value is -1.23. The molecule has 54 valence electrons. The molecule has 0 aliphatic rings. The number of allylic oxidation sites excluding steroid dienone is 2. The largest absolute Gasteiger partial charge is 0.512 e. The summed E-state index contributed by atoms with van der Waals surface area (Å²) in [6.45, 7) is 2.83. The van der Waals surface area contributed by atoms with Crippen LogP contribution in [-0.4, -0.2) is 10.9 Å². The van der Waals surface area contributed by atoms with Crippen LogP contribution < -0.4 is 0 Å². The highest BCUT2D eigenvalue weighted by atomic mass is 16.3. The molecule has 0 unspecified atom stereocenters. The van der Waals surface area contributed by atoms with E-state index in [1.54, 1.807) is 0 Å². The Kier molecular flexibility index (Phi) is 3.27. The molecule has 0 saturated heterocycles. The second-order valence-corrected chi connectivity index (χ2v) is 2.00. The molecule has 0 heterocycles. The van der Waals surface area contributed by atoms with Gasteiger partial charge in [-0.05, 0) is 13.8 Å². The number of ketones is 1. The smallest absolute Gasteiger partial charge is 0.160 e. The first-order valence-corrected chi connectivity index (χ1v) is 2.92. The van der Waals surface area contributed by atoms with Crippen LogP contribution in [-0.2, 0) is 4.79 Å². The molecule has 0 aromatic heterocycles.